The number of nitrogens with zero attached hydrogens (tertiary/aromatic N) is 5. The predicted octanol–water partition coefficient (Wildman–Crippen LogP) is 0.705. The van der Waals surface area contributed by atoms with Crippen LogP contribution in [0.3, 0.4) is 0 Å². The summed E-state index contributed by atoms with van der Waals surface area (Å²) in [5.41, 5.74) is 3.51. The van der Waals surface area contributed by atoms with Crippen molar-refractivity contribution in [3.05, 3.63) is 28.6 Å². The predicted molar refractivity (Wildman–Crippen MR) is 69.3 cm³/mol. The molecule has 6 nitrogen and oxygen atoms in total. The summed E-state index contributed by atoms with van der Waals surface area (Å²) >= 11 is 0. The molecule has 0 aliphatic rings. The molecule has 0 saturated carbocycles. The summed E-state index contributed by atoms with van der Waals surface area (Å²) in [5.74, 6) is 1.84. The van der Waals surface area contributed by atoms with Gasteiger partial charge in [-0.15, -0.1) is 10.2 Å². The van der Waals surface area contributed by atoms with Gasteiger partial charge in [0.05, 0.1) is 5.69 Å². The van der Waals surface area contributed by atoms with Gasteiger partial charge >= 0.3 is 0 Å². The summed E-state index contributed by atoms with van der Waals surface area (Å²) in [7, 11) is 3.92. The Bertz CT molecular complexity index is 551. The minimum absolute atomic E-state index is 0.660. The summed E-state index contributed by atoms with van der Waals surface area (Å²) in [6.07, 6.45) is 0. The number of hydrogen-bond donors (Lipinski definition) is 1. The molecule has 0 bridgehead atoms. The molecular formula is C12H20N6. The van der Waals surface area contributed by atoms with Crippen LogP contribution in [0.15, 0.2) is 0 Å². The van der Waals surface area contributed by atoms with Crippen molar-refractivity contribution in [3.8, 4) is 0 Å². The van der Waals surface area contributed by atoms with E-state index in [0.717, 1.165) is 23.9 Å². The lowest BCUT2D eigenvalue weighted by atomic mass is 10.2. The molecular weight excluding hydrogens is 228 g/mol. The van der Waals surface area contributed by atoms with Gasteiger partial charge in [0.2, 0.25) is 0 Å². The fourth-order valence-corrected chi connectivity index (χ4v) is 2.04. The second-order valence-corrected chi connectivity index (χ2v) is 4.56. The molecule has 2 aromatic rings. The van der Waals surface area contributed by atoms with Crippen molar-refractivity contribution in [1.29, 1.82) is 0 Å². The van der Waals surface area contributed by atoms with Gasteiger partial charge < -0.3 is 9.88 Å². The maximum atomic E-state index is 4.57. The molecule has 1 N–H and O–H groups in total. The van der Waals surface area contributed by atoms with E-state index >= 15 is 0 Å². The highest BCUT2D eigenvalue weighted by molar-refractivity contribution is 5.24. The van der Waals surface area contributed by atoms with Gasteiger partial charge in [-0.25, -0.2) is 0 Å². The number of hydrogen-bond acceptors (Lipinski definition) is 4. The zero-order chi connectivity index (χ0) is 13.3. The molecule has 0 amide bonds. The van der Waals surface area contributed by atoms with Crippen LogP contribution in [0.2, 0.25) is 0 Å². The molecule has 0 aromatic carbocycles. The van der Waals surface area contributed by atoms with Crippen LogP contribution in [0, 0.1) is 20.8 Å². The molecule has 18 heavy (non-hydrogen) atoms. The van der Waals surface area contributed by atoms with Crippen LogP contribution in [0.1, 0.15) is 28.6 Å². The van der Waals surface area contributed by atoms with Gasteiger partial charge in [-0.1, -0.05) is 0 Å². The highest BCUT2D eigenvalue weighted by atomic mass is 15.3. The van der Waals surface area contributed by atoms with E-state index in [1.54, 1.807) is 0 Å². The first-order valence-corrected chi connectivity index (χ1v) is 6.07. The Balaban J connectivity index is 2.30. The van der Waals surface area contributed by atoms with Crippen LogP contribution in [0.25, 0.3) is 0 Å². The monoisotopic (exact) mass is 248 g/mol. The second-order valence-electron chi connectivity index (χ2n) is 4.56. The van der Waals surface area contributed by atoms with Crippen LogP contribution in [-0.2, 0) is 20.1 Å². The molecule has 2 rings (SSSR count). The Hall–Kier alpha value is -1.69. The maximum absolute atomic E-state index is 4.57. The fraction of sp³-hybridized carbons (Fsp3) is 0.583. The summed E-state index contributed by atoms with van der Waals surface area (Å²) < 4.78 is 3.99. The third-order valence-corrected chi connectivity index (χ3v) is 3.36. The van der Waals surface area contributed by atoms with Gasteiger partial charge in [0.1, 0.15) is 12.4 Å². The second kappa shape index (κ2) is 4.89. The number of nitrogens with one attached hydrogen (secondary N) is 1. The van der Waals surface area contributed by atoms with Gasteiger partial charge in [-0.3, -0.25) is 4.68 Å². The first-order valence-electron chi connectivity index (χ1n) is 6.07. The molecule has 0 atom stereocenters. The molecule has 6 heteroatoms. The van der Waals surface area contributed by atoms with Crippen LogP contribution in [0.5, 0.6) is 0 Å². The highest BCUT2D eigenvalue weighted by Gasteiger charge is 2.13. The van der Waals surface area contributed by atoms with Crippen molar-refractivity contribution >= 4 is 0 Å². The fourth-order valence-electron chi connectivity index (χ4n) is 2.04. The average molecular weight is 248 g/mol. The first kappa shape index (κ1) is 12.8. The quantitative estimate of drug-likeness (QED) is 0.865. The largest absolute Gasteiger partial charge is 0.317 e. The summed E-state index contributed by atoms with van der Waals surface area (Å²) in [6.45, 7) is 7.58. The molecule has 0 spiro atoms. The number of aryl methyl sites for hydroxylation is 2. The lowest BCUT2D eigenvalue weighted by Gasteiger charge is -2.05. The summed E-state index contributed by atoms with van der Waals surface area (Å²) in [6, 6.07) is 0. The lowest BCUT2D eigenvalue weighted by molar-refractivity contribution is 0.607. The molecule has 0 unspecified atom stereocenters. The Morgan fingerprint density at radius 3 is 2.44 bits per heavy atom. The van der Waals surface area contributed by atoms with E-state index in [1.807, 2.05) is 37.2 Å². The third-order valence-electron chi connectivity index (χ3n) is 3.36. The van der Waals surface area contributed by atoms with E-state index in [1.165, 1.54) is 11.3 Å². The molecule has 0 saturated heterocycles. The minimum Gasteiger partial charge on any atom is -0.317 e. The van der Waals surface area contributed by atoms with Crippen LogP contribution < -0.4 is 5.32 Å². The zero-order valence-corrected chi connectivity index (χ0v) is 11.7. The van der Waals surface area contributed by atoms with Gasteiger partial charge in [0.15, 0.2) is 5.82 Å². The Kier molecular flexibility index (Phi) is 3.47. The third kappa shape index (κ3) is 2.15. The van der Waals surface area contributed by atoms with E-state index in [0.29, 0.717) is 6.54 Å². The van der Waals surface area contributed by atoms with Gasteiger partial charge in [0, 0.05) is 24.8 Å². The Morgan fingerprint density at radius 2 is 1.89 bits per heavy atom. The van der Waals surface area contributed by atoms with Crippen LogP contribution in [-0.4, -0.2) is 31.6 Å². The van der Waals surface area contributed by atoms with Gasteiger partial charge in [0.25, 0.3) is 0 Å². The normalized spacial score (nSPS) is 11.2. The molecule has 0 fully saturated rings. The molecule has 2 heterocycles. The minimum atomic E-state index is 0.660. The van der Waals surface area contributed by atoms with Crippen molar-refractivity contribution in [2.75, 3.05) is 7.05 Å². The molecule has 2 aromatic heterocycles. The van der Waals surface area contributed by atoms with E-state index in [9.17, 15) is 0 Å². The molecule has 0 radical (unpaired) electrons. The SMILES string of the molecule is CNCc1c(C)nn(Cc2nnc(C)n2C)c1C. The molecule has 98 valence electrons. The summed E-state index contributed by atoms with van der Waals surface area (Å²) in [5, 5.41) is 16.0. The number of rotatable bonds is 4. The smallest absolute Gasteiger partial charge is 0.154 e. The van der Waals surface area contributed by atoms with E-state index in [-0.39, 0.29) is 0 Å². The van der Waals surface area contributed by atoms with Crippen LogP contribution >= 0.6 is 0 Å². The van der Waals surface area contributed by atoms with Crippen LogP contribution in [0.4, 0.5) is 0 Å². The summed E-state index contributed by atoms with van der Waals surface area (Å²) in [4.78, 5) is 0. The molecule has 0 aliphatic heterocycles. The van der Waals surface area contributed by atoms with E-state index < -0.39 is 0 Å². The van der Waals surface area contributed by atoms with Crippen molar-refractivity contribution in [1.82, 2.24) is 29.9 Å². The van der Waals surface area contributed by atoms with E-state index in [4.69, 9.17) is 0 Å². The zero-order valence-electron chi connectivity index (χ0n) is 11.7. The maximum Gasteiger partial charge on any atom is 0.154 e. The lowest BCUT2D eigenvalue weighted by Crippen LogP contribution is -2.11. The first-order chi connectivity index (χ1) is 8.54. The van der Waals surface area contributed by atoms with Gasteiger partial charge in [-0.05, 0) is 27.8 Å². The number of aromatic nitrogens is 5. The van der Waals surface area contributed by atoms with Crippen molar-refractivity contribution < 1.29 is 0 Å². The Labute approximate surface area is 107 Å². The topological polar surface area (TPSA) is 60.6 Å². The average Bonchev–Trinajstić information content (AvgIpc) is 2.78. The van der Waals surface area contributed by atoms with Gasteiger partial charge in [-0.2, -0.15) is 5.10 Å². The highest BCUT2D eigenvalue weighted by Crippen LogP contribution is 2.14. The molecule has 0 aliphatic carbocycles. The van der Waals surface area contributed by atoms with Crippen molar-refractivity contribution in [3.63, 3.8) is 0 Å². The van der Waals surface area contributed by atoms with Crippen molar-refractivity contribution in [2.24, 2.45) is 7.05 Å². The standard InChI is InChI=1S/C12H20N6/c1-8-11(6-13-4)9(2)18(16-8)7-12-15-14-10(3)17(12)5/h13H,6-7H2,1-5H3. The Morgan fingerprint density at radius 1 is 1.17 bits per heavy atom. The van der Waals surface area contributed by atoms with E-state index in [2.05, 4.69) is 27.5 Å². The van der Waals surface area contributed by atoms with Crippen molar-refractivity contribution in [2.45, 2.75) is 33.9 Å².